The molecule has 2 nitrogen and oxygen atoms in total. The summed E-state index contributed by atoms with van der Waals surface area (Å²) in [6, 6.07) is 0. The molecular formula is C15H32O2Si. The van der Waals surface area contributed by atoms with Gasteiger partial charge in [0.2, 0.25) is 0 Å². The molecular weight excluding hydrogens is 240 g/mol. The van der Waals surface area contributed by atoms with E-state index in [2.05, 4.69) is 46.9 Å². The summed E-state index contributed by atoms with van der Waals surface area (Å²) in [6.07, 6.45) is 7.05. The highest BCUT2D eigenvalue weighted by atomic mass is 28.4. The van der Waals surface area contributed by atoms with Crippen LogP contribution in [0.2, 0.25) is 18.1 Å². The van der Waals surface area contributed by atoms with Crippen molar-refractivity contribution >= 4 is 8.32 Å². The molecule has 2 atom stereocenters. The third kappa shape index (κ3) is 6.16. The second-order valence-corrected chi connectivity index (χ2v) is 11.4. The van der Waals surface area contributed by atoms with Gasteiger partial charge >= 0.3 is 0 Å². The molecule has 0 aromatic heterocycles. The number of unbranched alkanes of at least 4 members (excludes halogenated alkanes) is 2. The molecule has 0 aliphatic carbocycles. The summed E-state index contributed by atoms with van der Waals surface area (Å²) in [5, 5.41) is 10.0. The van der Waals surface area contributed by atoms with Crippen LogP contribution >= 0.6 is 0 Å². The van der Waals surface area contributed by atoms with E-state index in [0.29, 0.717) is 0 Å². The van der Waals surface area contributed by atoms with Crippen LogP contribution in [0, 0.1) is 0 Å². The van der Waals surface area contributed by atoms with Crippen molar-refractivity contribution in [1.29, 1.82) is 0 Å². The first-order chi connectivity index (χ1) is 8.12. The second-order valence-electron chi connectivity index (χ2n) is 6.65. The molecule has 0 amide bonds. The van der Waals surface area contributed by atoms with Gasteiger partial charge in [0.1, 0.15) is 0 Å². The van der Waals surface area contributed by atoms with Crippen LogP contribution in [-0.2, 0) is 4.43 Å². The SMILES string of the molecule is CCCCC=C[C@H](O[Si](C)(C)C(C)(C)C)[C@H](C)O. The third-order valence-electron chi connectivity index (χ3n) is 3.76. The maximum atomic E-state index is 9.84. The summed E-state index contributed by atoms with van der Waals surface area (Å²) < 4.78 is 6.25. The first-order valence-electron chi connectivity index (χ1n) is 7.14. The van der Waals surface area contributed by atoms with Crippen molar-refractivity contribution in [2.45, 2.75) is 84.2 Å². The first-order valence-corrected chi connectivity index (χ1v) is 10.0. The van der Waals surface area contributed by atoms with Crippen LogP contribution in [0.5, 0.6) is 0 Å². The minimum atomic E-state index is -1.81. The standard InChI is InChI=1S/C15H32O2Si/c1-8-9-10-11-12-14(13(2)16)17-18(6,7)15(3,4)5/h11-14,16H,8-10H2,1-7H3/t13-,14-/m0/s1. The molecule has 1 N–H and O–H groups in total. The molecule has 0 radical (unpaired) electrons. The van der Waals surface area contributed by atoms with Gasteiger partial charge in [0.25, 0.3) is 0 Å². The van der Waals surface area contributed by atoms with E-state index in [0.717, 1.165) is 6.42 Å². The third-order valence-corrected chi connectivity index (χ3v) is 8.24. The molecule has 0 rings (SSSR count). The van der Waals surface area contributed by atoms with Crippen molar-refractivity contribution in [2.24, 2.45) is 0 Å². The second kappa shape index (κ2) is 7.46. The van der Waals surface area contributed by atoms with Gasteiger partial charge in [-0.1, -0.05) is 52.7 Å². The summed E-state index contributed by atoms with van der Waals surface area (Å²) in [7, 11) is -1.81. The topological polar surface area (TPSA) is 29.5 Å². The Bertz CT molecular complexity index is 252. The van der Waals surface area contributed by atoms with E-state index in [1.165, 1.54) is 12.8 Å². The van der Waals surface area contributed by atoms with Gasteiger partial charge in [0.05, 0.1) is 12.2 Å². The summed E-state index contributed by atoms with van der Waals surface area (Å²) in [5.74, 6) is 0. The van der Waals surface area contributed by atoms with Crippen LogP contribution in [-0.4, -0.2) is 25.6 Å². The Hall–Kier alpha value is -0.123. The Balaban J connectivity index is 4.59. The minimum Gasteiger partial charge on any atom is -0.408 e. The van der Waals surface area contributed by atoms with Gasteiger partial charge in [-0.2, -0.15) is 0 Å². The molecule has 3 heteroatoms. The highest BCUT2D eigenvalue weighted by Crippen LogP contribution is 2.37. The average Bonchev–Trinajstić information content (AvgIpc) is 2.20. The van der Waals surface area contributed by atoms with Crippen LogP contribution in [0.1, 0.15) is 53.9 Å². The highest BCUT2D eigenvalue weighted by molar-refractivity contribution is 6.74. The molecule has 0 aliphatic rings. The van der Waals surface area contributed by atoms with Gasteiger partial charge in [-0.05, 0) is 31.5 Å². The van der Waals surface area contributed by atoms with Crippen molar-refractivity contribution in [3.8, 4) is 0 Å². The Morgan fingerprint density at radius 3 is 2.22 bits per heavy atom. The van der Waals surface area contributed by atoms with Crippen LogP contribution in [0.4, 0.5) is 0 Å². The Labute approximate surface area is 115 Å². The van der Waals surface area contributed by atoms with Gasteiger partial charge < -0.3 is 9.53 Å². The number of allylic oxidation sites excluding steroid dienone is 1. The quantitative estimate of drug-likeness (QED) is 0.420. The lowest BCUT2D eigenvalue weighted by molar-refractivity contribution is 0.0684. The zero-order valence-electron chi connectivity index (χ0n) is 13.3. The molecule has 18 heavy (non-hydrogen) atoms. The van der Waals surface area contributed by atoms with Gasteiger partial charge in [-0.3, -0.25) is 0 Å². The fraction of sp³-hybridized carbons (Fsp3) is 0.867. The predicted molar refractivity (Wildman–Crippen MR) is 82.4 cm³/mol. The normalized spacial score (nSPS) is 17.1. The number of rotatable bonds is 7. The van der Waals surface area contributed by atoms with Crippen LogP contribution < -0.4 is 0 Å². The van der Waals surface area contributed by atoms with E-state index in [1.807, 2.05) is 13.0 Å². The Morgan fingerprint density at radius 2 is 1.83 bits per heavy atom. The van der Waals surface area contributed by atoms with Crippen molar-refractivity contribution in [3.05, 3.63) is 12.2 Å². The van der Waals surface area contributed by atoms with Crippen LogP contribution in [0.25, 0.3) is 0 Å². The van der Waals surface area contributed by atoms with Gasteiger partial charge in [0.15, 0.2) is 8.32 Å². The molecule has 0 saturated carbocycles. The molecule has 0 bridgehead atoms. The summed E-state index contributed by atoms with van der Waals surface area (Å²) >= 11 is 0. The smallest absolute Gasteiger partial charge is 0.193 e. The van der Waals surface area contributed by atoms with E-state index in [9.17, 15) is 5.11 Å². The zero-order valence-corrected chi connectivity index (χ0v) is 14.3. The zero-order chi connectivity index (χ0) is 14.4. The van der Waals surface area contributed by atoms with E-state index >= 15 is 0 Å². The summed E-state index contributed by atoms with van der Waals surface area (Å²) in [4.78, 5) is 0. The van der Waals surface area contributed by atoms with E-state index in [1.54, 1.807) is 0 Å². The molecule has 0 fully saturated rings. The molecule has 108 valence electrons. The summed E-state index contributed by atoms with van der Waals surface area (Å²) in [6.45, 7) is 15.1. The fourth-order valence-electron chi connectivity index (χ4n) is 1.37. The van der Waals surface area contributed by atoms with Gasteiger partial charge in [-0.25, -0.2) is 0 Å². The number of hydrogen-bond donors (Lipinski definition) is 1. The largest absolute Gasteiger partial charge is 0.408 e. The lowest BCUT2D eigenvalue weighted by Crippen LogP contribution is -2.46. The maximum Gasteiger partial charge on any atom is 0.193 e. The first kappa shape index (κ1) is 17.9. The molecule has 0 saturated heterocycles. The lowest BCUT2D eigenvalue weighted by atomic mass is 10.2. The van der Waals surface area contributed by atoms with Crippen molar-refractivity contribution in [3.63, 3.8) is 0 Å². The molecule has 0 unspecified atom stereocenters. The molecule has 0 aliphatic heterocycles. The van der Waals surface area contributed by atoms with E-state index < -0.39 is 14.4 Å². The summed E-state index contributed by atoms with van der Waals surface area (Å²) in [5.41, 5.74) is 0. The number of aliphatic hydroxyl groups excluding tert-OH is 1. The fourth-order valence-corrected chi connectivity index (χ4v) is 2.68. The van der Waals surface area contributed by atoms with Gasteiger partial charge in [-0.15, -0.1) is 0 Å². The Kier molecular flexibility index (Phi) is 7.41. The Morgan fingerprint density at radius 1 is 1.28 bits per heavy atom. The van der Waals surface area contributed by atoms with E-state index in [-0.39, 0.29) is 11.1 Å². The van der Waals surface area contributed by atoms with Crippen molar-refractivity contribution in [2.75, 3.05) is 0 Å². The van der Waals surface area contributed by atoms with Crippen molar-refractivity contribution in [1.82, 2.24) is 0 Å². The maximum absolute atomic E-state index is 9.84. The van der Waals surface area contributed by atoms with Crippen LogP contribution in [0.15, 0.2) is 12.2 Å². The van der Waals surface area contributed by atoms with E-state index in [4.69, 9.17) is 4.43 Å². The lowest BCUT2D eigenvalue weighted by Gasteiger charge is -2.39. The molecule has 0 aromatic carbocycles. The molecule has 0 spiro atoms. The average molecular weight is 273 g/mol. The van der Waals surface area contributed by atoms with Crippen molar-refractivity contribution < 1.29 is 9.53 Å². The predicted octanol–water partition coefficient (Wildman–Crippen LogP) is 4.50. The monoisotopic (exact) mass is 272 g/mol. The van der Waals surface area contributed by atoms with Gasteiger partial charge in [0, 0.05) is 0 Å². The minimum absolute atomic E-state index is 0.164. The number of hydrogen-bond acceptors (Lipinski definition) is 2. The molecule has 0 heterocycles. The number of aliphatic hydroxyl groups is 1. The molecule has 0 aromatic rings. The van der Waals surface area contributed by atoms with Crippen LogP contribution in [0.3, 0.4) is 0 Å². The highest BCUT2D eigenvalue weighted by Gasteiger charge is 2.39.